The number of hydrogen-bond acceptors (Lipinski definition) is 6. The molecule has 1 saturated heterocycles. The van der Waals surface area contributed by atoms with Crippen molar-refractivity contribution in [2.24, 2.45) is 0 Å². The highest BCUT2D eigenvalue weighted by Crippen LogP contribution is 2.31. The zero-order chi connectivity index (χ0) is 20.5. The predicted molar refractivity (Wildman–Crippen MR) is 116 cm³/mol. The van der Waals surface area contributed by atoms with Crippen molar-refractivity contribution < 1.29 is 9.47 Å². The van der Waals surface area contributed by atoms with Crippen molar-refractivity contribution in [2.75, 3.05) is 18.5 Å². The molecule has 1 aromatic carbocycles. The van der Waals surface area contributed by atoms with Gasteiger partial charge in [0, 0.05) is 35.8 Å². The van der Waals surface area contributed by atoms with Crippen molar-refractivity contribution in [1.29, 1.82) is 0 Å². The Morgan fingerprint density at radius 3 is 2.80 bits per heavy atom. The lowest BCUT2D eigenvalue weighted by atomic mass is 10.2. The Hall–Kier alpha value is -2.93. The minimum absolute atomic E-state index is 0.00706. The first-order chi connectivity index (χ1) is 14.7. The van der Waals surface area contributed by atoms with Gasteiger partial charge < -0.3 is 14.8 Å². The Bertz CT molecular complexity index is 1120. The third-order valence-electron chi connectivity index (χ3n) is 5.99. The zero-order valence-electron chi connectivity index (χ0n) is 17.1. The normalized spacial score (nSPS) is 19.4. The molecule has 1 unspecified atom stereocenters. The Balaban J connectivity index is 1.42. The van der Waals surface area contributed by atoms with Crippen molar-refractivity contribution in [2.45, 2.75) is 51.2 Å². The molecule has 2 aromatic heterocycles. The Kier molecular flexibility index (Phi) is 5.12. The molecule has 0 bridgehead atoms. The van der Waals surface area contributed by atoms with Gasteiger partial charge in [0.25, 0.3) is 5.56 Å². The van der Waals surface area contributed by atoms with E-state index in [0.29, 0.717) is 18.2 Å². The van der Waals surface area contributed by atoms with E-state index in [-0.39, 0.29) is 17.7 Å². The summed E-state index contributed by atoms with van der Waals surface area (Å²) < 4.78 is 13.2. The number of nitrogens with one attached hydrogen (secondary N) is 1. The Morgan fingerprint density at radius 1 is 1.17 bits per heavy atom. The molecule has 30 heavy (non-hydrogen) atoms. The number of ether oxygens (including phenoxy) is 2. The minimum Gasteiger partial charge on any atom is -0.488 e. The van der Waals surface area contributed by atoms with Gasteiger partial charge in [0.2, 0.25) is 5.95 Å². The maximum atomic E-state index is 12.6. The van der Waals surface area contributed by atoms with Crippen LogP contribution in [-0.2, 0) is 4.74 Å². The molecule has 7 nitrogen and oxygen atoms in total. The van der Waals surface area contributed by atoms with Gasteiger partial charge in [-0.3, -0.25) is 9.36 Å². The van der Waals surface area contributed by atoms with Crippen LogP contribution in [0.3, 0.4) is 0 Å². The van der Waals surface area contributed by atoms with Crippen LogP contribution >= 0.6 is 0 Å². The molecule has 2 fully saturated rings. The molecule has 1 aliphatic heterocycles. The number of pyridine rings is 1. The quantitative estimate of drug-likeness (QED) is 0.687. The summed E-state index contributed by atoms with van der Waals surface area (Å²) in [6, 6.07) is 9.58. The molecule has 0 spiro atoms. The molecule has 3 aromatic rings. The van der Waals surface area contributed by atoms with Crippen molar-refractivity contribution >= 4 is 22.7 Å². The summed E-state index contributed by atoms with van der Waals surface area (Å²) in [7, 11) is 0. The number of nitrogens with zero attached hydrogens (tertiary/aromatic N) is 3. The number of hydrogen-bond donors (Lipinski definition) is 1. The standard InChI is InChI=1S/C23H26N4O3/c1-15-12-18(30-19-10-11-29-14-19)7-8-20(15)25-23-24-13-16-6-9-21(28)27(22(16)26-23)17-4-2-3-5-17/h6-9,12-13,17,19H,2-5,10-11,14H2,1H3,(H,24,25,26). The number of fused-ring (bicyclic) bond motifs is 1. The van der Waals surface area contributed by atoms with Crippen LogP contribution in [0.15, 0.2) is 41.3 Å². The van der Waals surface area contributed by atoms with Crippen LogP contribution in [0.5, 0.6) is 5.75 Å². The lowest BCUT2D eigenvalue weighted by Gasteiger charge is -2.17. The molecule has 7 heteroatoms. The first-order valence-corrected chi connectivity index (χ1v) is 10.7. The van der Waals surface area contributed by atoms with E-state index in [1.54, 1.807) is 18.3 Å². The second-order valence-electron chi connectivity index (χ2n) is 8.16. The maximum Gasteiger partial charge on any atom is 0.252 e. The average Bonchev–Trinajstić information content (AvgIpc) is 3.44. The van der Waals surface area contributed by atoms with Crippen LogP contribution in [-0.4, -0.2) is 33.9 Å². The number of benzene rings is 1. The van der Waals surface area contributed by atoms with Crippen molar-refractivity contribution in [3.8, 4) is 5.75 Å². The van der Waals surface area contributed by atoms with E-state index in [4.69, 9.17) is 14.5 Å². The fourth-order valence-electron chi connectivity index (χ4n) is 4.38. The molecule has 1 aliphatic carbocycles. The second-order valence-corrected chi connectivity index (χ2v) is 8.16. The molecule has 1 saturated carbocycles. The average molecular weight is 406 g/mol. The van der Waals surface area contributed by atoms with Crippen LogP contribution < -0.4 is 15.6 Å². The first-order valence-electron chi connectivity index (χ1n) is 10.7. The molecule has 0 radical (unpaired) electrons. The molecule has 3 heterocycles. The van der Waals surface area contributed by atoms with Gasteiger partial charge in [0.15, 0.2) is 0 Å². The summed E-state index contributed by atoms with van der Waals surface area (Å²) >= 11 is 0. The van der Waals surface area contributed by atoms with Crippen LogP contribution in [0.25, 0.3) is 11.0 Å². The van der Waals surface area contributed by atoms with Crippen LogP contribution in [0.1, 0.15) is 43.7 Å². The third-order valence-corrected chi connectivity index (χ3v) is 5.99. The van der Waals surface area contributed by atoms with Gasteiger partial charge in [0.1, 0.15) is 17.5 Å². The fourth-order valence-corrected chi connectivity index (χ4v) is 4.38. The van der Waals surface area contributed by atoms with Crippen molar-refractivity contribution in [3.05, 3.63) is 52.4 Å². The maximum absolute atomic E-state index is 12.6. The first kappa shape index (κ1) is 19.1. The lowest BCUT2D eigenvalue weighted by Crippen LogP contribution is -2.23. The van der Waals surface area contributed by atoms with Gasteiger partial charge in [-0.15, -0.1) is 0 Å². The van der Waals surface area contributed by atoms with E-state index < -0.39 is 0 Å². The summed E-state index contributed by atoms with van der Waals surface area (Å²) in [5.74, 6) is 1.32. The molecule has 1 atom stereocenters. The third kappa shape index (κ3) is 3.77. The van der Waals surface area contributed by atoms with Crippen molar-refractivity contribution in [3.63, 3.8) is 0 Å². The molecule has 5 rings (SSSR count). The number of aryl methyl sites for hydroxylation is 1. The van der Waals surface area contributed by atoms with Gasteiger partial charge in [-0.2, -0.15) is 4.98 Å². The van der Waals surface area contributed by atoms with Crippen LogP contribution in [0.2, 0.25) is 0 Å². The van der Waals surface area contributed by atoms with Gasteiger partial charge in [-0.1, -0.05) is 12.8 Å². The summed E-state index contributed by atoms with van der Waals surface area (Å²) in [6.07, 6.45) is 7.19. The summed E-state index contributed by atoms with van der Waals surface area (Å²) in [5, 5.41) is 4.19. The number of rotatable bonds is 5. The topological polar surface area (TPSA) is 78.3 Å². The summed E-state index contributed by atoms with van der Waals surface area (Å²) in [5.41, 5.74) is 2.66. The molecule has 2 aliphatic rings. The second kappa shape index (κ2) is 8.07. The Morgan fingerprint density at radius 2 is 2.03 bits per heavy atom. The summed E-state index contributed by atoms with van der Waals surface area (Å²) in [4.78, 5) is 21.8. The fraction of sp³-hybridized carbons (Fsp3) is 0.435. The number of aromatic nitrogens is 3. The number of anilines is 2. The molecular formula is C23H26N4O3. The summed E-state index contributed by atoms with van der Waals surface area (Å²) in [6.45, 7) is 3.43. The van der Waals surface area contributed by atoms with Gasteiger partial charge in [-0.25, -0.2) is 4.98 Å². The van der Waals surface area contributed by atoms with E-state index in [1.807, 2.05) is 29.7 Å². The molecule has 0 amide bonds. The van der Waals surface area contributed by atoms with Gasteiger partial charge >= 0.3 is 0 Å². The molecular weight excluding hydrogens is 380 g/mol. The zero-order valence-corrected chi connectivity index (χ0v) is 17.1. The highest BCUT2D eigenvalue weighted by atomic mass is 16.5. The van der Waals surface area contributed by atoms with E-state index >= 15 is 0 Å². The largest absolute Gasteiger partial charge is 0.488 e. The molecule has 1 N–H and O–H groups in total. The minimum atomic E-state index is 0.00706. The van der Waals surface area contributed by atoms with Crippen molar-refractivity contribution in [1.82, 2.24) is 14.5 Å². The van der Waals surface area contributed by atoms with Crippen LogP contribution in [0, 0.1) is 6.92 Å². The van der Waals surface area contributed by atoms with Gasteiger partial charge in [0.05, 0.1) is 13.2 Å². The smallest absolute Gasteiger partial charge is 0.252 e. The molecule has 156 valence electrons. The van der Waals surface area contributed by atoms with E-state index in [9.17, 15) is 4.79 Å². The lowest BCUT2D eigenvalue weighted by molar-refractivity contribution is 0.141. The monoisotopic (exact) mass is 406 g/mol. The van der Waals surface area contributed by atoms with E-state index in [1.165, 1.54) is 0 Å². The van der Waals surface area contributed by atoms with E-state index in [2.05, 4.69) is 10.3 Å². The van der Waals surface area contributed by atoms with Gasteiger partial charge in [-0.05, 0) is 49.6 Å². The van der Waals surface area contributed by atoms with Crippen LogP contribution in [0.4, 0.5) is 11.6 Å². The highest BCUT2D eigenvalue weighted by molar-refractivity contribution is 5.76. The SMILES string of the molecule is Cc1cc(OC2CCOC2)ccc1Nc1ncc2ccc(=O)n(C3CCCC3)c2n1. The highest BCUT2D eigenvalue weighted by Gasteiger charge is 2.21. The Labute approximate surface area is 175 Å². The predicted octanol–water partition coefficient (Wildman–Crippen LogP) is 4.13. The van der Waals surface area contributed by atoms with E-state index in [0.717, 1.165) is 61.1 Å².